The van der Waals surface area contributed by atoms with Gasteiger partial charge in [0.05, 0.1) is 19.8 Å². The van der Waals surface area contributed by atoms with E-state index in [0.29, 0.717) is 22.7 Å². The molecule has 0 saturated heterocycles. The number of aromatic nitrogens is 1. The molecule has 0 aliphatic heterocycles. The number of amides is 1. The number of H-pyrrole nitrogens is 1. The third-order valence-corrected chi connectivity index (χ3v) is 4.85. The highest BCUT2D eigenvalue weighted by Crippen LogP contribution is 2.30. The topological polar surface area (TPSA) is 89.6 Å². The first-order valence-electron chi connectivity index (χ1n) is 9.16. The predicted octanol–water partition coefficient (Wildman–Crippen LogP) is 3.99. The van der Waals surface area contributed by atoms with Crippen LogP contribution in [0.15, 0.2) is 36.4 Å². The molecule has 2 aromatic carbocycles. The van der Waals surface area contributed by atoms with Crippen LogP contribution >= 0.6 is 0 Å². The van der Waals surface area contributed by atoms with Crippen LogP contribution in [0, 0.1) is 13.8 Å². The molecule has 0 spiro atoms. The molecule has 0 aliphatic rings. The fraction of sp³-hybridized carbons (Fsp3) is 0.273. The van der Waals surface area contributed by atoms with Crippen molar-refractivity contribution in [2.24, 2.45) is 0 Å². The summed E-state index contributed by atoms with van der Waals surface area (Å²) in [6, 6.07) is 10.3. The van der Waals surface area contributed by atoms with Gasteiger partial charge in [-0.25, -0.2) is 4.79 Å². The van der Waals surface area contributed by atoms with E-state index in [9.17, 15) is 9.59 Å². The average Bonchev–Trinajstić information content (AvgIpc) is 3.00. The van der Waals surface area contributed by atoms with Crippen LogP contribution in [0.2, 0.25) is 0 Å². The van der Waals surface area contributed by atoms with Crippen LogP contribution in [0.25, 0.3) is 10.9 Å². The van der Waals surface area contributed by atoms with Crippen molar-refractivity contribution in [2.75, 3.05) is 19.5 Å². The molecule has 152 valence electrons. The van der Waals surface area contributed by atoms with Crippen molar-refractivity contribution in [1.82, 2.24) is 4.98 Å². The zero-order chi connectivity index (χ0) is 21.1. The Balaban J connectivity index is 1.69. The number of rotatable bonds is 6. The Morgan fingerprint density at radius 3 is 2.41 bits per heavy atom. The number of ether oxygens (including phenoxy) is 3. The molecule has 1 aromatic heterocycles. The van der Waals surface area contributed by atoms with Crippen molar-refractivity contribution in [3.63, 3.8) is 0 Å². The number of carbonyl (C=O) groups is 2. The SMILES string of the molecule is COc1ccc(NC(=O)[C@@H](C)OC(=O)c2ccc3[nH]c(C)c(C)c3c2)cc1OC. The number of hydrogen-bond acceptors (Lipinski definition) is 5. The van der Waals surface area contributed by atoms with Gasteiger partial charge < -0.3 is 24.5 Å². The molecule has 0 radical (unpaired) electrons. The van der Waals surface area contributed by atoms with E-state index >= 15 is 0 Å². The number of nitrogens with one attached hydrogen (secondary N) is 2. The minimum absolute atomic E-state index is 0.394. The third kappa shape index (κ3) is 4.18. The summed E-state index contributed by atoms with van der Waals surface area (Å²) >= 11 is 0. The fourth-order valence-corrected chi connectivity index (χ4v) is 3.03. The van der Waals surface area contributed by atoms with E-state index in [2.05, 4.69) is 10.3 Å². The van der Waals surface area contributed by atoms with E-state index in [-0.39, 0.29) is 0 Å². The first-order valence-corrected chi connectivity index (χ1v) is 9.16. The summed E-state index contributed by atoms with van der Waals surface area (Å²) < 4.78 is 15.8. The maximum absolute atomic E-state index is 12.5. The Morgan fingerprint density at radius 1 is 1.00 bits per heavy atom. The van der Waals surface area contributed by atoms with E-state index < -0.39 is 18.0 Å². The van der Waals surface area contributed by atoms with Crippen LogP contribution in [0.4, 0.5) is 5.69 Å². The van der Waals surface area contributed by atoms with Crippen LogP contribution < -0.4 is 14.8 Å². The number of fused-ring (bicyclic) bond motifs is 1. The van der Waals surface area contributed by atoms with Gasteiger partial charge in [0.15, 0.2) is 17.6 Å². The summed E-state index contributed by atoms with van der Waals surface area (Å²) in [5.41, 5.74) is 3.98. The van der Waals surface area contributed by atoms with Gasteiger partial charge in [0.25, 0.3) is 5.91 Å². The molecular weight excluding hydrogens is 372 g/mol. The lowest BCUT2D eigenvalue weighted by atomic mass is 10.1. The molecule has 0 fully saturated rings. The first-order chi connectivity index (χ1) is 13.8. The Bertz CT molecular complexity index is 1070. The highest BCUT2D eigenvalue weighted by atomic mass is 16.5. The van der Waals surface area contributed by atoms with Crippen molar-refractivity contribution in [2.45, 2.75) is 26.9 Å². The van der Waals surface area contributed by atoms with Gasteiger partial charge in [0.1, 0.15) is 0 Å². The Morgan fingerprint density at radius 2 is 1.72 bits per heavy atom. The number of methoxy groups -OCH3 is 2. The van der Waals surface area contributed by atoms with Crippen molar-refractivity contribution < 1.29 is 23.8 Å². The zero-order valence-electron chi connectivity index (χ0n) is 17.1. The van der Waals surface area contributed by atoms with Crippen LogP contribution in [0.5, 0.6) is 11.5 Å². The lowest BCUT2D eigenvalue weighted by molar-refractivity contribution is -0.123. The molecule has 0 aliphatic carbocycles. The molecule has 0 unspecified atom stereocenters. The molecule has 29 heavy (non-hydrogen) atoms. The summed E-state index contributed by atoms with van der Waals surface area (Å²) in [5.74, 6) is 0.0384. The Hall–Kier alpha value is -3.48. The minimum atomic E-state index is -0.972. The number of aryl methyl sites for hydroxylation is 2. The van der Waals surface area contributed by atoms with Crippen molar-refractivity contribution in [3.8, 4) is 11.5 Å². The Kier molecular flexibility index (Phi) is 5.77. The number of benzene rings is 2. The molecule has 3 aromatic rings. The standard InChI is InChI=1S/C22H24N2O5/c1-12-13(2)23-18-8-6-15(10-17(12)18)22(26)29-14(3)21(25)24-16-7-9-19(27-4)20(11-16)28-5/h6-11,14,23H,1-5H3,(H,24,25)/t14-/m1/s1. The molecule has 0 bridgehead atoms. The summed E-state index contributed by atoms with van der Waals surface area (Å²) in [4.78, 5) is 28.2. The molecule has 7 nitrogen and oxygen atoms in total. The monoisotopic (exact) mass is 396 g/mol. The van der Waals surface area contributed by atoms with Gasteiger partial charge >= 0.3 is 5.97 Å². The first kappa shape index (κ1) is 20.3. The van der Waals surface area contributed by atoms with Crippen LogP contribution in [-0.4, -0.2) is 37.2 Å². The van der Waals surface area contributed by atoms with Gasteiger partial charge in [-0.2, -0.15) is 0 Å². The second-order valence-electron chi connectivity index (χ2n) is 6.74. The summed E-state index contributed by atoms with van der Waals surface area (Å²) in [6.07, 6.45) is -0.972. The molecule has 2 N–H and O–H groups in total. The second-order valence-corrected chi connectivity index (χ2v) is 6.74. The van der Waals surface area contributed by atoms with Crippen LogP contribution in [-0.2, 0) is 9.53 Å². The normalized spacial score (nSPS) is 11.8. The van der Waals surface area contributed by atoms with Gasteiger partial charge in [-0.1, -0.05) is 0 Å². The van der Waals surface area contributed by atoms with E-state index in [1.54, 1.807) is 30.3 Å². The van der Waals surface area contributed by atoms with Gasteiger partial charge in [-0.3, -0.25) is 4.79 Å². The molecule has 3 rings (SSSR count). The van der Waals surface area contributed by atoms with Gasteiger partial charge in [0, 0.05) is 28.4 Å². The molecule has 1 atom stereocenters. The van der Waals surface area contributed by atoms with Crippen molar-refractivity contribution in [3.05, 3.63) is 53.2 Å². The quantitative estimate of drug-likeness (QED) is 0.615. The zero-order valence-corrected chi connectivity index (χ0v) is 17.1. The van der Waals surface area contributed by atoms with Gasteiger partial charge in [-0.05, 0) is 56.7 Å². The fourth-order valence-electron chi connectivity index (χ4n) is 3.03. The second kappa shape index (κ2) is 8.26. The van der Waals surface area contributed by atoms with E-state index in [1.807, 2.05) is 19.9 Å². The van der Waals surface area contributed by atoms with E-state index in [1.165, 1.54) is 21.1 Å². The number of hydrogen-bond donors (Lipinski definition) is 2. The lowest BCUT2D eigenvalue weighted by Gasteiger charge is -2.15. The number of aromatic amines is 1. The highest BCUT2D eigenvalue weighted by molar-refractivity contribution is 5.99. The smallest absolute Gasteiger partial charge is 0.338 e. The number of carbonyl (C=O) groups excluding carboxylic acids is 2. The highest BCUT2D eigenvalue weighted by Gasteiger charge is 2.20. The largest absolute Gasteiger partial charge is 0.493 e. The number of esters is 1. The van der Waals surface area contributed by atoms with Crippen LogP contribution in [0.3, 0.4) is 0 Å². The Labute approximate surface area is 169 Å². The maximum Gasteiger partial charge on any atom is 0.338 e. The third-order valence-electron chi connectivity index (χ3n) is 4.85. The summed E-state index contributed by atoms with van der Waals surface area (Å²) in [5, 5.41) is 3.67. The van der Waals surface area contributed by atoms with E-state index in [0.717, 1.165) is 22.2 Å². The lowest BCUT2D eigenvalue weighted by Crippen LogP contribution is -2.30. The molecule has 1 heterocycles. The molecule has 7 heteroatoms. The maximum atomic E-state index is 12.5. The molecule has 0 saturated carbocycles. The van der Waals surface area contributed by atoms with Gasteiger partial charge in [-0.15, -0.1) is 0 Å². The van der Waals surface area contributed by atoms with E-state index in [4.69, 9.17) is 14.2 Å². The van der Waals surface area contributed by atoms with Crippen molar-refractivity contribution >= 4 is 28.5 Å². The summed E-state index contributed by atoms with van der Waals surface area (Å²) in [7, 11) is 3.05. The molecular formula is C22H24N2O5. The van der Waals surface area contributed by atoms with Crippen LogP contribution in [0.1, 0.15) is 28.5 Å². The molecule has 1 amide bonds. The van der Waals surface area contributed by atoms with Crippen molar-refractivity contribution in [1.29, 1.82) is 0 Å². The minimum Gasteiger partial charge on any atom is -0.493 e. The average molecular weight is 396 g/mol. The predicted molar refractivity (Wildman–Crippen MR) is 111 cm³/mol. The number of anilines is 1. The van der Waals surface area contributed by atoms with Gasteiger partial charge in [0.2, 0.25) is 0 Å². The summed E-state index contributed by atoms with van der Waals surface area (Å²) in [6.45, 7) is 5.49.